The minimum Gasteiger partial charge on any atom is -0.315 e. The van der Waals surface area contributed by atoms with Crippen molar-refractivity contribution in [3.63, 3.8) is 0 Å². The third kappa shape index (κ3) is 5.53. The van der Waals surface area contributed by atoms with E-state index in [1.165, 1.54) is 38.8 Å². The Morgan fingerprint density at radius 1 is 1.20 bits per heavy atom. The zero-order chi connectivity index (χ0) is 11.1. The summed E-state index contributed by atoms with van der Waals surface area (Å²) in [6.45, 7) is 9.32. The second kappa shape index (κ2) is 7.24. The summed E-state index contributed by atoms with van der Waals surface area (Å²) in [5.41, 5.74) is 0. The number of nitrogens with one attached hydrogen (secondary N) is 1. The lowest BCUT2D eigenvalue weighted by Crippen LogP contribution is -2.32. The fraction of sp³-hybridized carbons (Fsp3) is 1.00. The molecule has 1 aliphatic carbocycles. The number of rotatable bonds is 6. The molecule has 1 aliphatic rings. The fourth-order valence-corrected chi connectivity index (χ4v) is 2.27. The SMILES string of the molecule is CCN(C)CCNCC1CCC(C)CC1. The maximum Gasteiger partial charge on any atom is 0.0104 e. The molecule has 90 valence electrons. The van der Waals surface area contributed by atoms with Crippen molar-refractivity contribution in [3.05, 3.63) is 0 Å². The van der Waals surface area contributed by atoms with Crippen LogP contribution in [0.4, 0.5) is 0 Å². The van der Waals surface area contributed by atoms with Gasteiger partial charge >= 0.3 is 0 Å². The zero-order valence-electron chi connectivity index (χ0n) is 10.8. The summed E-state index contributed by atoms with van der Waals surface area (Å²) in [7, 11) is 2.18. The molecule has 1 fully saturated rings. The van der Waals surface area contributed by atoms with Gasteiger partial charge in [-0.3, -0.25) is 0 Å². The van der Waals surface area contributed by atoms with Crippen molar-refractivity contribution in [2.45, 2.75) is 39.5 Å². The van der Waals surface area contributed by atoms with E-state index < -0.39 is 0 Å². The van der Waals surface area contributed by atoms with E-state index in [-0.39, 0.29) is 0 Å². The Morgan fingerprint density at radius 3 is 2.47 bits per heavy atom. The molecule has 15 heavy (non-hydrogen) atoms. The van der Waals surface area contributed by atoms with Crippen LogP contribution in [0.5, 0.6) is 0 Å². The van der Waals surface area contributed by atoms with Crippen LogP contribution >= 0.6 is 0 Å². The van der Waals surface area contributed by atoms with Crippen LogP contribution in [0.3, 0.4) is 0 Å². The van der Waals surface area contributed by atoms with Crippen molar-refractivity contribution in [2.24, 2.45) is 11.8 Å². The van der Waals surface area contributed by atoms with Crippen LogP contribution in [0, 0.1) is 11.8 Å². The quantitative estimate of drug-likeness (QED) is 0.680. The van der Waals surface area contributed by atoms with Gasteiger partial charge in [0.25, 0.3) is 0 Å². The van der Waals surface area contributed by atoms with Gasteiger partial charge in [-0.15, -0.1) is 0 Å². The Labute approximate surface area is 95.4 Å². The molecule has 0 amide bonds. The summed E-state index contributed by atoms with van der Waals surface area (Å²) in [5, 5.41) is 3.59. The first-order chi connectivity index (χ1) is 7.22. The Hall–Kier alpha value is -0.0800. The molecule has 0 aromatic heterocycles. The van der Waals surface area contributed by atoms with E-state index in [1.807, 2.05) is 0 Å². The van der Waals surface area contributed by atoms with Gasteiger partial charge < -0.3 is 10.2 Å². The van der Waals surface area contributed by atoms with Crippen molar-refractivity contribution in [1.29, 1.82) is 0 Å². The fourth-order valence-electron chi connectivity index (χ4n) is 2.27. The molecule has 0 saturated heterocycles. The highest BCUT2D eigenvalue weighted by Crippen LogP contribution is 2.27. The number of hydrogen-bond acceptors (Lipinski definition) is 2. The van der Waals surface area contributed by atoms with E-state index in [9.17, 15) is 0 Å². The van der Waals surface area contributed by atoms with Crippen molar-refractivity contribution in [1.82, 2.24) is 10.2 Å². The molecule has 0 aromatic carbocycles. The Morgan fingerprint density at radius 2 is 1.87 bits per heavy atom. The molecule has 0 spiro atoms. The topological polar surface area (TPSA) is 15.3 Å². The second-order valence-corrected chi connectivity index (χ2v) is 5.23. The molecule has 0 bridgehead atoms. The summed E-state index contributed by atoms with van der Waals surface area (Å²) in [6.07, 6.45) is 5.78. The second-order valence-electron chi connectivity index (χ2n) is 5.23. The summed E-state index contributed by atoms with van der Waals surface area (Å²) < 4.78 is 0. The first-order valence-corrected chi connectivity index (χ1v) is 6.61. The average molecular weight is 212 g/mol. The van der Waals surface area contributed by atoms with E-state index in [4.69, 9.17) is 0 Å². The zero-order valence-corrected chi connectivity index (χ0v) is 10.8. The number of hydrogen-bond donors (Lipinski definition) is 1. The van der Waals surface area contributed by atoms with E-state index in [2.05, 4.69) is 31.1 Å². The van der Waals surface area contributed by atoms with Crippen molar-refractivity contribution in [3.8, 4) is 0 Å². The molecular formula is C13H28N2. The Kier molecular flexibility index (Phi) is 6.26. The van der Waals surface area contributed by atoms with Crippen LogP contribution in [0.2, 0.25) is 0 Å². The van der Waals surface area contributed by atoms with Crippen molar-refractivity contribution >= 4 is 0 Å². The Bertz CT molecular complexity index is 151. The lowest BCUT2D eigenvalue weighted by molar-refractivity contribution is 0.275. The molecule has 0 heterocycles. The maximum atomic E-state index is 3.59. The molecule has 1 rings (SSSR count). The molecule has 2 heteroatoms. The molecular weight excluding hydrogens is 184 g/mol. The van der Waals surface area contributed by atoms with E-state index in [1.54, 1.807) is 0 Å². The smallest absolute Gasteiger partial charge is 0.0104 e. The highest BCUT2D eigenvalue weighted by atomic mass is 15.1. The van der Waals surface area contributed by atoms with Crippen LogP contribution in [0.25, 0.3) is 0 Å². The summed E-state index contributed by atoms with van der Waals surface area (Å²) in [4.78, 5) is 2.36. The molecule has 2 nitrogen and oxygen atoms in total. The Balaban J connectivity index is 1.96. The van der Waals surface area contributed by atoms with Crippen LogP contribution < -0.4 is 5.32 Å². The van der Waals surface area contributed by atoms with Gasteiger partial charge in [-0.05, 0) is 44.8 Å². The first kappa shape index (κ1) is 13.0. The van der Waals surface area contributed by atoms with Gasteiger partial charge in [-0.25, -0.2) is 0 Å². The van der Waals surface area contributed by atoms with E-state index in [0.717, 1.165) is 24.9 Å². The summed E-state index contributed by atoms with van der Waals surface area (Å²) in [6, 6.07) is 0. The van der Waals surface area contributed by atoms with Crippen LogP contribution in [0.15, 0.2) is 0 Å². The molecule has 1 N–H and O–H groups in total. The van der Waals surface area contributed by atoms with E-state index in [0.29, 0.717) is 0 Å². The highest BCUT2D eigenvalue weighted by molar-refractivity contribution is 4.71. The standard InChI is InChI=1S/C13H28N2/c1-4-15(3)10-9-14-11-13-7-5-12(2)6-8-13/h12-14H,4-11H2,1-3H3. The van der Waals surface area contributed by atoms with Gasteiger partial charge in [-0.1, -0.05) is 26.7 Å². The predicted molar refractivity (Wildman–Crippen MR) is 67.2 cm³/mol. The lowest BCUT2D eigenvalue weighted by Gasteiger charge is -2.26. The third-order valence-electron chi connectivity index (χ3n) is 3.78. The van der Waals surface area contributed by atoms with Gasteiger partial charge in [-0.2, -0.15) is 0 Å². The van der Waals surface area contributed by atoms with Crippen LogP contribution in [0.1, 0.15) is 39.5 Å². The highest BCUT2D eigenvalue weighted by Gasteiger charge is 2.17. The molecule has 0 aliphatic heterocycles. The normalized spacial score (nSPS) is 27.2. The van der Waals surface area contributed by atoms with Gasteiger partial charge in [0.05, 0.1) is 0 Å². The maximum absolute atomic E-state index is 3.59. The average Bonchev–Trinajstić information content (AvgIpc) is 2.26. The van der Waals surface area contributed by atoms with Crippen molar-refractivity contribution < 1.29 is 0 Å². The minimum absolute atomic E-state index is 0.952. The third-order valence-corrected chi connectivity index (χ3v) is 3.78. The molecule has 0 radical (unpaired) electrons. The van der Waals surface area contributed by atoms with E-state index >= 15 is 0 Å². The van der Waals surface area contributed by atoms with Gasteiger partial charge in [0.2, 0.25) is 0 Å². The van der Waals surface area contributed by atoms with Crippen LogP contribution in [-0.4, -0.2) is 38.1 Å². The summed E-state index contributed by atoms with van der Waals surface area (Å²) >= 11 is 0. The number of nitrogens with zero attached hydrogens (tertiary/aromatic N) is 1. The summed E-state index contributed by atoms with van der Waals surface area (Å²) in [5.74, 6) is 1.93. The monoisotopic (exact) mass is 212 g/mol. The molecule has 1 saturated carbocycles. The van der Waals surface area contributed by atoms with Gasteiger partial charge in [0.15, 0.2) is 0 Å². The van der Waals surface area contributed by atoms with Crippen LogP contribution in [-0.2, 0) is 0 Å². The van der Waals surface area contributed by atoms with Crippen molar-refractivity contribution in [2.75, 3.05) is 33.2 Å². The predicted octanol–water partition coefficient (Wildman–Crippen LogP) is 2.35. The molecule has 0 unspecified atom stereocenters. The van der Waals surface area contributed by atoms with Gasteiger partial charge in [0, 0.05) is 13.1 Å². The van der Waals surface area contributed by atoms with Gasteiger partial charge in [0.1, 0.15) is 0 Å². The molecule has 0 aromatic rings. The minimum atomic E-state index is 0.952. The largest absolute Gasteiger partial charge is 0.315 e. The first-order valence-electron chi connectivity index (χ1n) is 6.61. The lowest BCUT2D eigenvalue weighted by atomic mass is 9.83. The number of likely N-dealkylation sites (N-methyl/N-ethyl adjacent to an activating group) is 1. The molecule has 0 atom stereocenters.